The van der Waals surface area contributed by atoms with Gasteiger partial charge in [0.05, 0.1) is 36.7 Å². The van der Waals surface area contributed by atoms with Gasteiger partial charge in [-0.2, -0.15) is 9.61 Å². The molecule has 11 nitrogen and oxygen atoms in total. The second-order valence-corrected chi connectivity index (χ2v) is 9.65. The highest BCUT2D eigenvalue weighted by atomic mass is 19.1. The highest BCUT2D eigenvalue weighted by Crippen LogP contribution is 2.24. The lowest BCUT2D eigenvalue weighted by Gasteiger charge is -2.36. The van der Waals surface area contributed by atoms with Crippen LogP contribution in [0.15, 0.2) is 29.2 Å². The average Bonchev–Trinajstić information content (AvgIpc) is 3.46. The zero-order chi connectivity index (χ0) is 26.3. The number of rotatable bonds is 7. The Morgan fingerprint density at radius 1 is 1.30 bits per heavy atom. The van der Waals surface area contributed by atoms with Crippen LogP contribution in [-0.4, -0.2) is 79.2 Å². The Labute approximate surface area is 212 Å². The van der Waals surface area contributed by atoms with Gasteiger partial charge in [-0.05, 0) is 32.4 Å². The average molecular weight is 512 g/mol. The number of carbonyl (C=O) groups excluding carboxylic acids is 2. The minimum absolute atomic E-state index is 0.118. The Morgan fingerprint density at radius 2 is 2.11 bits per heavy atom. The SMILES string of the molecule is CCc1cc2n(CC(=O)Nc3ccc(F)cn3)c3c(c(=O)n2n1)CN(C[C@H]1CN(C(C)C)CCO1)C3=O. The molecule has 3 aromatic rings. The fourth-order valence-corrected chi connectivity index (χ4v) is 4.89. The molecule has 196 valence electrons. The van der Waals surface area contributed by atoms with Crippen LogP contribution in [0.2, 0.25) is 0 Å². The molecule has 1 saturated heterocycles. The molecule has 0 saturated carbocycles. The molecule has 0 radical (unpaired) electrons. The summed E-state index contributed by atoms with van der Waals surface area (Å²) in [6.45, 7) is 8.47. The summed E-state index contributed by atoms with van der Waals surface area (Å²) in [7, 11) is 0. The topological polar surface area (TPSA) is 114 Å². The zero-order valence-electron chi connectivity index (χ0n) is 21.1. The third-order valence-electron chi connectivity index (χ3n) is 6.85. The maximum Gasteiger partial charge on any atom is 0.280 e. The lowest BCUT2D eigenvalue weighted by atomic mass is 10.2. The number of fused-ring (bicyclic) bond motifs is 2. The summed E-state index contributed by atoms with van der Waals surface area (Å²) < 4.78 is 21.9. The van der Waals surface area contributed by atoms with Crippen LogP contribution in [0.4, 0.5) is 10.2 Å². The van der Waals surface area contributed by atoms with Crippen LogP contribution >= 0.6 is 0 Å². The van der Waals surface area contributed by atoms with Gasteiger partial charge in [0.2, 0.25) is 5.91 Å². The van der Waals surface area contributed by atoms with Crippen LogP contribution in [-0.2, 0) is 29.0 Å². The van der Waals surface area contributed by atoms with E-state index >= 15 is 0 Å². The Hall–Kier alpha value is -3.64. The van der Waals surface area contributed by atoms with E-state index in [1.54, 1.807) is 11.0 Å². The molecule has 2 aliphatic heterocycles. The second-order valence-electron chi connectivity index (χ2n) is 9.65. The van der Waals surface area contributed by atoms with Crippen molar-refractivity contribution in [2.75, 3.05) is 31.6 Å². The molecule has 0 aliphatic carbocycles. The largest absolute Gasteiger partial charge is 0.374 e. The van der Waals surface area contributed by atoms with Gasteiger partial charge in [0, 0.05) is 31.7 Å². The number of amides is 2. The van der Waals surface area contributed by atoms with Crippen LogP contribution in [0, 0.1) is 5.82 Å². The zero-order valence-corrected chi connectivity index (χ0v) is 21.1. The quantitative estimate of drug-likeness (QED) is 0.509. The Balaban J connectivity index is 1.46. The van der Waals surface area contributed by atoms with Crippen LogP contribution < -0.4 is 10.9 Å². The van der Waals surface area contributed by atoms with Gasteiger partial charge in [0.25, 0.3) is 11.5 Å². The molecule has 2 aliphatic rings. The number of carbonyl (C=O) groups is 2. The number of nitrogens with zero attached hydrogens (tertiary/aromatic N) is 6. The number of aryl methyl sites for hydroxylation is 1. The molecular formula is C25H30FN7O4. The van der Waals surface area contributed by atoms with E-state index in [2.05, 4.69) is 34.1 Å². The maximum absolute atomic E-state index is 13.6. The summed E-state index contributed by atoms with van der Waals surface area (Å²) in [5, 5.41) is 7.02. The summed E-state index contributed by atoms with van der Waals surface area (Å²) in [6.07, 6.45) is 1.41. The normalized spacial score (nSPS) is 18.1. The van der Waals surface area contributed by atoms with Crippen molar-refractivity contribution in [3.05, 3.63) is 57.5 Å². The van der Waals surface area contributed by atoms with E-state index in [0.717, 1.165) is 12.7 Å². The van der Waals surface area contributed by atoms with Crippen molar-refractivity contribution in [1.82, 2.24) is 29.0 Å². The van der Waals surface area contributed by atoms with Crippen molar-refractivity contribution < 1.29 is 18.7 Å². The fraction of sp³-hybridized carbons (Fsp3) is 0.480. The number of aromatic nitrogens is 4. The van der Waals surface area contributed by atoms with Gasteiger partial charge in [0.15, 0.2) is 0 Å². The van der Waals surface area contributed by atoms with Gasteiger partial charge in [-0.3, -0.25) is 19.3 Å². The molecule has 1 N–H and O–H groups in total. The molecule has 1 fully saturated rings. The van der Waals surface area contributed by atoms with Crippen LogP contribution in [0.1, 0.15) is 42.5 Å². The third kappa shape index (κ3) is 4.86. The molecule has 0 aromatic carbocycles. The van der Waals surface area contributed by atoms with Crippen LogP contribution in [0.3, 0.4) is 0 Å². The number of ether oxygens (including phenoxy) is 1. The number of halogens is 1. The molecule has 0 spiro atoms. The van der Waals surface area contributed by atoms with Crippen molar-refractivity contribution >= 4 is 23.3 Å². The molecular weight excluding hydrogens is 481 g/mol. The minimum atomic E-state index is -0.520. The molecule has 0 bridgehead atoms. The highest BCUT2D eigenvalue weighted by molar-refractivity contribution is 5.98. The van der Waals surface area contributed by atoms with Crippen molar-refractivity contribution in [1.29, 1.82) is 0 Å². The minimum Gasteiger partial charge on any atom is -0.374 e. The van der Waals surface area contributed by atoms with E-state index in [1.165, 1.54) is 21.2 Å². The fourth-order valence-electron chi connectivity index (χ4n) is 4.89. The first kappa shape index (κ1) is 25.0. The standard InChI is InChI=1S/C25H30FN7O4/c1-4-17-9-22-32(14-21(34)28-20-6-5-16(26)10-27-20)23-19(24(35)33(22)29-17)13-31(25(23)36)12-18-11-30(15(2)3)7-8-37-18/h5-6,9-10,15,18H,4,7-8,11-14H2,1-3H3,(H,27,28,34)/t18-/m1/s1. The lowest BCUT2D eigenvalue weighted by molar-refractivity contribution is -0.116. The predicted molar refractivity (Wildman–Crippen MR) is 133 cm³/mol. The first-order valence-corrected chi connectivity index (χ1v) is 12.5. The second kappa shape index (κ2) is 10.0. The molecule has 5 heterocycles. The molecule has 0 unspecified atom stereocenters. The number of nitrogens with one attached hydrogen (secondary N) is 1. The Bertz CT molecular complexity index is 1400. The number of morpholine rings is 1. The summed E-state index contributed by atoms with van der Waals surface area (Å²) in [5.41, 5.74) is 1.14. The Morgan fingerprint density at radius 3 is 2.81 bits per heavy atom. The molecule has 3 aromatic heterocycles. The van der Waals surface area contributed by atoms with Gasteiger partial charge in [-0.25, -0.2) is 9.37 Å². The van der Waals surface area contributed by atoms with Gasteiger partial charge < -0.3 is 19.5 Å². The van der Waals surface area contributed by atoms with Crippen molar-refractivity contribution in [3.63, 3.8) is 0 Å². The van der Waals surface area contributed by atoms with Crippen molar-refractivity contribution in [2.45, 2.75) is 52.4 Å². The summed E-state index contributed by atoms with van der Waals surface area (Å²) in [6, 6.07) is 4.62. The first-order chi connectivity index (χ1) is 17.7. The van der Waals surface area contributed by atoms with Crippen molar-refractivity contribution in [3.8, 4) is 0 Å². The van der Waals surface area contributed by atoms with Gasteiger partial charge in [0.1, 0.15) is 29.5 Å². The van der Waals surface area contributed by atoms with E-state index < -0.39 is 11.7 Å². The highest BCUT2D eigenvalue weighted by Gasteiger charge is 2.37. The number of hydrogen-bond donors (Lipinski definition) is 1. The number of anilines is 1. The monoisotopic (exact) mass is 511 g/mol. The van der Waals surface area contributed by atoms with E-state index in [-0.39, 0.29) is 42.2 Å². The smallest absolute Gasteiger partial charge is 0.280 e. The summed E-state index contributed by atoms with van der Waals surface area (Å²) >= 11 is 0. The van der Waals surface area contributed by atoms with E-state index in [9.17, 15) is 18.8 Å². The lowest BCUT2D eigenvalue weighted by Crippen LogP contribution is -2.49. The van der Waals surface area contributed by atoms with Gasteiger partial charge in [-0.1, -0.05) is 6.92 Å². The van der Waals surface area contributed by atoms with Crippen LogP contribution in [0.25, 0.3) is 5.65 Å². The number of pyridine rings is 1. The molecule has 2 amide bonds. The summed E-state index contributed by atoms with van der Waals surface area (Å²) in [5.74, 6) is -1.14. The van der Waals surface area contributed by atoms with Crippen molar-refractivity contribution in [2.24, 2.45) is 0 Å². The van der Waals surface area contributed by atoms with E-state index in [1.807, 2.05) is 6.92 Å². The third-order valence-corrected chi connectivity index (χ3v) is 6.85. The van der Waals surface area contributed by atoms with Gasteiger partial charge in [-0.15, -0.1) is 0 Å². The van der Waals surface area contributed by atoms with Gasteiger partial charge >= 0.3 is 0 Å². The predicted octanol–water partition coefficient (Wildman–Crippen LogP) is 1.30. The number of hydrogen-bond acceptors (Lipinski definition) is 7. The molecule has 12 heteroatoms. The molecule has 37 heavy (non-hydrogen) atoms. The molecule has 1 atom stereocenters. The van der Waals surface area contributed by atoms with Crippen LogP contribution in [0.5, 0.6) is 0 Å². The Kier molecular flexibility index (Phi) is 6.78. The van der Waals surface area contributed by atoms with E-state index in [4.69, 9.17) is 4.74 Å². The summed E-state index contributed by atoms with van der Waals surface area (Å²) in [4.78, 5) is 47.7. The maximum atomic E-state index is 13.6. The first-order valence-electron chi connectivity index (χ1n) is 12.5. The molecule has 5 rings (SSSR count). The van der Waals surface area contributed by atoms with E-state index in [0.29, 0.717) is 49.1 Å².